The molecule has 0 saturated carbocycles. The summed E-state index contributed by atoms with van der Waals surface area (Å²) in [7, 11) is -2.14. The van der Waals surface area contributed by atoms with Gasteiger partial charge in [0.25, 0.3) is 10.0 Å². The van der Waals surface area contributed by atoms with Gasteiger partial charge in [0.05, 0.1) is 37.6 Å². The van der Waals surface area contributed by atoms with Gasteiger partial charge in [-0.25, -0.2) is 18.1 Å². The quantitative estimate of drug-likeness (QED) is 0.618. The minimum absolute atomic E-state index is 0.0870. The van der Waals surface area contributed by atoms with Gasteiger partial charge in [-0.2, -0.15) is 0 Å². The van der Waals surface area contributed by atoms with Gasteiger partial charge in [-0.3, -0.25) is 4.79 Å². The first-order valence-electron chi connectivity index (χ1n) is 8.99. The maximum absolute atomic E-state index is 12.4. The zero-order valence-electron chi connectivity index (χ0n) is 15.5. The molecule has 1 fully saturated rings. The number of amides is 1. The van der Waals surface area contributed by atoms with Gasteiger partial charge in [0.15, 0.2) is 5.03 Å². The Bertz CT molecular complexity index is 900. The number of imidazole rings is 1. The van der Waals surface area contributed by atoms with Crippen LogP contribution in [-0.4, -0.2) is 53.8 Å². The van der Waals surface area contributed by atoms with Crippen LogP contribution in [0.15, 0.2) is 47.9 Å². The standard InChI is InChI=1S/C18H24N4O5S/c1-22-10-18(19-12-22)28(25,26)21-15-8-7-14(27-16(15)11-23)9-17(24)20-13-5-3-2-4-6-13/h2-6,10,12,14-16,21,23H,7-9,11H2,1H3,(H,20,24)/t14-,15-,16+/m0/s1. The van der Waals surface area contributed by atoms with Crippen molar-refractivity contribution in [1.29, 1.82) is 0 Å². The molecule has 0 unspecified atom stereocenters. The fourth-order valence-corrected chi connectivity index (χ4v) is 4.42. The van der Waals surface area contributed by atoms with Crippen molar-refractivity contribution < 1.29 is 23.1 Å². The Balaban J connectivity index is 1.56. The predicted octanol–water partition coefficient (Wildman–Crippen LogP) is 0.636. The lowest BCUT2D eigenvalue weighted by Gasteiger charge is -2.35. The average Bonchev–Trinajstić information content (AvgIpc) is 3.11. The summed E-state index contributed by atoms with van der Waals surface area (Å²) in [4.78, 5) is 16.1. The van der Waals surface area contributed by atoms with E-state index < -0.39 is 28.3 Å². The van der Waals surface area contributed by atoms with Crippen molar-refractivity contribution in [3.63, 3.8) is 0 Å². The molecule has 0 bridgehead atoms. The highest BCUT2D eigenvalue weighted by atomic mass is 32.2. The molecule has 0 aliphatic carbocycles. The number of nitrogens with zero attached hydrogens (tertiary/aromatic N) is 2. The number of para-hydroxylation sites is 1. The number of sulfonamides is 1. The van der Waals surface area contributed by atoms with E-state index in [0.717, 1.165) is 0 Å². The number of aliphatic hydroxyl groups excluding tert-OH is 1. The molecule has 2 heterocycles. The number of hydrogen-bond donors (Lipinski definition) is 3. The molecule has 1 aliphatic heterocycles. The fourth-order valence-electron chi connectivity index (χ4n) is 3.14. The Morgan fingerprint density at radius 1 is 1.32 bits per heavy atom. The van der Waals surface area contributed by atoms with Crippen molar-refractivity contribution in [3.8, 4) is 0 Å². The lowest BCUT2D eigenvalue weighted by atomic mass is 9.98. The fraction of sp³-hybridized carbons (Fsp3) is 0.444. The lowest BCUT2D eigenvalue weighted by Crippen LogP contribution is -2.51. The van der Waals surface area contributed by atoms with Gasteiger partial charge in [0, 0.05) is 18.9 Å². The summed E-state index contributed by atoms with van der Waals surface area (Å²) >= 11 is 0. The molecule has 28 heavy (non-hydrogen) atoms. The maximum Gasteiger partial charge on any atom is 0.259 e. The molecule has 1 aromatic heterocycles. The summed E-state index contributed by atoms with van der Waals surface area (Å²) in [5.74, 6) is -0.194. The Morgan fingerprint density at radius 2 is 2.07 bits per heavy atom. The maximum atomic E-state index is 12.4. The van der Waals surface area contributed by atoms with Crippen molar-refractivity contribution in [2.45, 2.75) is 42.5 Å². The highest BCUT2D eigenvalue weighted by molar-refractivity contribution is 7.89. The lowest BCUT2D eigenvalue weighted by molar-refractivity contribution is -0.126. The number of rotatable bonds is 7. The minimum atomic E-state index is -3.82. The van der Waals surface area contributed by atoms with Gasteiger partial charge >= 0.3 is 0 Å². The molecular weight excluding hydrogens is 384 g/mol. The van der Waals surface area contributed by atoms with Gasteiger partial charge in [-0.15, -0.1) is 0 Å². The molecule has 1 aromatic carbocycles. The molecule has 0 spiro atoms. The van der Waals surface area contributed by atoms with Crippen LogP contribution in [0, 0.1) is 0 Å². The van der Waals surface area contributed by atoms with E-state index in [1.807, 2.05) is 18.2 Å². The van der Waals surface area contributed by atoms with Crippen LogP contribution in [0.1, 0.15) is 19.3 Å². The number of nitrogens with one attached hydrogen (secondary N) is 2. The van der Waals surface area contributed by atoms with Gasteiger partial charge in [-0.1, -0.05) is 18.2 Å². The van der Waals surface area contributed by atoms with Crippen LogP contribution in [0.3, 0.4) is 0 Å². The summed E-state index contributed by atoms with van der Waals surface area (Å²) in [5, 5.41) is 12.3. The smallest absolute Gasteiger partial charge is 0.259 e. The molecule has 10 heteroatoms. The van der Waals surface area contributed by atoms with Gasteiger partial charge < -0.3 is 19.7 Å². The summed E-state index contributed by atoms with van der Waals surface area (Å²) in [6.45, 7) is -0.355. The average molecular weight is 408 g/mol. The molecule has 9 nitrogen and oxygen atoms in total. The molecule has 152 valence electrons. The molecule has 1 amide bonds. The van der Waals surface area contributed by atoms with Crippen molar-refractivity contribution >= 4 is 21.6 Å². The van der Waals surface area contributed by atoms with Crippen molar-refractivity contribution in [2.75, 3.05) is 11.9 Å². The van der Waals surface area contributed by atoms with E-state index in [4.69, 9.17) is 4.74 Å². The molecule has 2 aromatic rings. The second-order valence-corrected chi connectivity index (χ2v) is 8.44. The first kappa shape index (κ1) is 20.5. The number of aromatic nitrogens is 2. The normalized spacial score (nSPS) is 22.7. The summed E-state index contributed by atoms with van der Waals surface area (Å²) in [6, 6.07) is 8.50. The predicted molar refractivity (Wildman–Crippen MR) is 102 cm³/mol. The summed E-state index contributed by atoms with van der Waals surface area (Å²) in [6.07, 6.45) is 2.74. The Labute approximate surface area is 163 Å². The van der Waals surface area contributed by atoms with Crippen molar-refractivity contribution in [1.82, 2.24) is 14.3 Å². The third kappa shape index (κ3) is 5.16. The molecule has 3 rings (SSSR count). The number of aliphatic hydroxyl groups is 1. The zero-order chi connectivity index (χ0) is 20.1. The van der Waals surface area contributed by atoms with Crippen molar-refractivity contribution in [2.24, 2.45) is 7.05 Å². The first-order valence-corrected chi connectivity index (χ1v) is 10.5. The highest BCUT2D eigenvalue weighted by Gasteiger charge is 2.35. The second kappa shape index (κ2) is 8.82. The van der Waals surface area contributed by atoms with Crippen LogP contribution in [0.4, 0.5) is 5.69 Å². The number of carbonyl (C=O) groups excluding carboxylic acids is 1. The number of hydrogen-bond acceptors (Lipinski definition) is 6. The van der Waals surface area contributed by atoms with Crippen LogP contribution in [-0.2, 0) is 26.6 Å². The summed E-state index contributed by atoms with van der Waals surface area (Å²) < 4.78 is 34.8. The number of benzene rings is 1. The second-order valence-electron chi connectivity index (χ2n) is 6.78. The minimum Gasteiger partial charge on any atom is -0.394 e. The van der Waals surface area contributed by atoms with Crippen LogP contribution in [0.5, 0.6) is 0 Å². The summed E-state index contributed by atoms with van der Waals surface area (Å²) in [5.41, 5.74) is 0.697. The van der Waals surface area contributed by atoms with Gasteiger partial charge in [-0.05, 0) is 25.0 Å². The third-order valence-electron chi connectivity index (χ3n) is 4.53. The molecule has 1 saturated heterocycles. The molecular formula is C18H24N4O5S. The topological polar surface area (TPSA) is 123 Å². The van der Waals surface area contributed by atoms with E-state index in [0.29, 0.717) is 18.5 Å². The van der Waals surface area contributed by atoms with Crippen molar-refractivity contribution in [3.05, 3.63) is 42.9 Å². The largest absolute Gasteiger partial charge is 0.394 e. The van der Waals surface area contributed by atoms with Crippen LogP contribution in [0.25, 0.3) is 0 Å². The van der Waals surface area contributed by atoms with E-state index in [1.165, 1.54) is 17.1 Å². The Morgan fingerprint density at radius 3 is 2.71 bits per heavy atom. The molecule has 1 aliphatic rings. The van der Waals surface area contributed by atoms with Gasteiger partial charge in [0.2, 0.25) is 5.91 Å². The highest BCUT2D eigenvalue weighted by Crippen LogP contribution is 2.23. The monoisotopic (exact) mass is 408 g/mol. The van der Waals surface area contributed by atoms with Crippen LogP contribution in [0.2, 0.25) is 0 Å². The molecule has 3 atom stereocenters. The van der Waals surface area contributed by atoms with E-state index in [9.17, 15) is 18.3 Å². The molecule has 0 radical (unpaired) electrons. The SMILES string of the molecule is Cn1cnc(S(=O)(=O)N[C@H]2CC[C@@H](CC(=O)Nc3ccccc3)O[C@@H]2CO)c1. The number of aryl methyl sites for hydroxylation is 1. The Kier molecular flexibility index (Phi) is 6.45. The van der Waals surface area contributed by atoms with Crippen LogP contribution < -0.4 is 10.0 Å². The van der Waals surface area contributed by atoms with Crippen LogP contribution >= 0.6 is 0 Å². The number of carbonyl (C=O) groups is 1. The first-order chi connectivity index (χ1) is 13.4. The van der Waals surface area contributed by atoms with E-state index in [-0.39, 0.29) is 24.0 Å². The number of ether oxygens (including phenoxy) is 1. The van der Waals surface area contributed by atoms with Gasteiger partial charge in [0.1, 0.15) is 0 Å². The van der Waals surface area contributed by atoms with E-state index in [2.05, 4.69) is 15.0 Å². The zero-order valence-corrected chi connectivity index (χ0v) is 16.3. The van der Waals surface area contributed by atoms with E-state index in [1.54, 1.807) is 19.2 Å². The third-order valence-corrected chi connectivity index (χ3v) is 5.90. The number of anilines is 1. The Hall–Kier alpha value is -2.27. The van der Waals surface area contributed by atoms with E-state index >= 15 is 0 Å². The molecule has 3 N–H and O–H groups in total.